The van der Waals surface area contributed by atoms with E-state index in [9.17, 15) is 0 Å². The van der Waals surface area contributed by atoms with E-state index in [-0.39, 0.29) is 13.2 Å². The van der Waals surface area contributed by atoms with Gasteiger partial charge in [0.25, 0.3) is 0 Å². The fourth-order valence-corrected chi connectivity index (χ4v) is 14.5. The van der Waals surface area contributed by atoms with E-state index in [4.69, 9.17) is 49.6 Å². The molecule has 0 radical (unpaired) electrons. The van der Waals surface area contributed by atoms with Gasteiger partial charge >= 0.3 is 0 Å². The molecule has 0 spiro atoms. The highest BCUT2D eigenvalue weighted by atomic mass is 28.4. The van der Waals surface area contributed by atoms with Gasteiger partial charge in [-0.1, -0.05) is 0 Å². The summed E-state index contributed by atoms with van der Waals surface area (Å²) in [4.78, 5) is 0. The second kappa shape index (κ2) is 18.1. The SMILES string of the molecule is C[Si](C)(C)OCC1(O[Si](C)(C)C)OCC(O[Si](C)(C)C)[C@H](O[Si](C)(C)C)[C@@H]1O[C@@H]1OC(O[Si](C)(C)C)[C@H](O[Si](C)(C)C)[C@H](O[Si](C)(C)C)C1O[Si](C)(C)C. The fraction of sp³-hybridized carbons (Fsp3) is 1.00. The predicted octanol–water partition coefficient (Wildman–Crippen LogP) is 9.44. The Morgan fingerprint density at radius 1 is 0.426 bits per heavy atom. The van der Waals surface area contributed by atoms with Gasteiger partial charge in [0.15, 0.2) is 79.1 Å². The number of ether oxygens (including phenoxy) is 3. The molecule has 2 aliphatic rings. The van der Waals surface area contributed by atoms with Crippen LogP contribution in [0.3, 0.4) is 0 Å². The lowest BCUT2D eigenvalue weighted by atomic mass is 9.96. The lowest BCUT2D eigenvalue weighted by Crippen LogP contribution is -2.73. The van der Waals surface area contributed by atoms with E-state index in [1.165, 1.54) is 0 Å². The first-order valence-electron chi connectivity index (χ1n) is 20.0. The van der Waals surface area contributed by atoms with E-state index in [1.807, 2.05) is 0 Å². The van der Waals surface area contributed by atoms with Crippen molar-refractivity contribution in [3.05, 3.63) is 0 Å². The van der Waals surface area contributed by atoms with Crippen LogP contribution in [-0.4, -0.2) is 135 Å². The Morgan fingerprint density at radius 3 is 1.20 bits per heavy atom. The van der Waals surface area contributed by atoms with Crippen molar-refractivity contribution in [1.29, 1.82) is 0 Å². The molecule has 9 atom stereocenters. The molecule has 54 heavy (non-hydrogen) atoms. The Bertz CT molecular complexity index is 1180. The highest BCUT2D eigenvalue weighted by Crippen LogP contribution is 2.42. The summed E-state index contributed by atoms with van der Waals surface area (Å²) in [6.45, 7) is 53.0. The van der Waals surface area contributed by atoms with Crippen LogP contribution in [0.15, 0.2) is 0 Å². The maximum Gasteiger partial charge on any atom is 0.211 e. The summed E-state index contributed by atoms with van der Waals surface area (Å²) in [5.74, 6) is -1.31. The first-order chi connectivity index (χ1) is 23.7. The molecule has 19 heteroatoms. The van der Waals surface area contributed by atoms with Crippen molar-refractivity contribution in [3.63, 3.8) is 0 Å². The van der Waals surface area contributed by atoms with E-state index in [1.54, 1.807) is 0 Å². The molecule has 11 nitrogen and oxygen atoms in total. The van der Waals surface area contributed by atoms with Crippen molar-refractivity contribution in [1.82, 2.24) is 0 Å². The van der Waals surface area contributed by atoms with Gasteiger partial charge in [0.2, 0.25) is 5.79 Å². The minimum absolute atomic E-state index is 0.181. The third kappa shape index (κ3) is 18.7. The average molecular weight is 906 g/mol. The molecule has 2 saturated heterocycles. The number of hydrogen-bond acceptors (Lipinski definition) is 11. The van der Waals surface area contributed by atoms with E-state index < -0.39 is 122 Å². The van der Waals surface area contributed by atoms with Crippen LogP contribution in [-0.2, 0) is 49.6 Å². The largest absolute Gasteiger partial charge is 0.412 e. The second-order valence-corrected chi connectivity index (χ2v) is 58.7. The highest BCUT2D eigenvalue weighted by molar-refractivity contribution is 6.72. The molecule has 2 aliphatic heterocycles. The normalized spacial score (nSPS) is 31.6. The molecule has 0 aromatic heterocycles. The van der Waals surface area contributed by atoms with Crippen molar-refractivity contribution < 1.29 is 49.6 Å². The summed E-state index contributed by atoms with van der Waals surface area (Å²) in [5.41, 5.74) is 0. The molecule has 0 amide bonds. The van der Waals surface area contributed by atoms with Gasteiger partial charge < -0.3 is 49.6 Å². The molecule has 2 fully saturated rings. The van der Waals surface area contributed by atoms with Crippen molar-refractivity contribution in [2.24, 2.45) is 0 Å². The third-order valence-corrected chi connectivity index (χ3v) is 15.3. The molecule has 0 N–H and O–H groups in total. The topological polar surface area (TPSA) is 102 Å². The van der Waals surface area contributed by atoms with Crippen molar-refractivity contribution in [2.45, 2.75) is 212 Å². The fourth-order valence-electron chi connectivity index (χ4n) is 6.29. The molecule has 2 rings (SSSR count). The monoisotopic (exact) mass is 904 g/mol. The van der Waals surface area contributed by atoms with Crippen LogP contribution in [0.2, 0.25) is 157 Å². The van der Waals surface area contributed by atoms with Crippen molar-refractivity contribution >= 4 is 66.5 Å². The summed E-state index contributed by atoms with van der Waals surface area (Å²) in [6, 6.07) is 0. The maximum absolute atomic E-state index is 7.53. The minimum atomic E-state index is -2.33. The molecule has 0 bridgehead atoms. The van der Waals surface area contributed by atoms with Crippen LogP contribution >= 0.6 is 0 Å². The predicted molar refractivity (Wildman–Crippen MR) is 241 cm³/mol. The van der Waals surface area contributed by atoms with Gasteiger partial charge in [-0.15, -0.1) is 0 Å². The summed E-state index contributed by atoms with van der Waals surface area (Å²) >= 11 is 0. The standard InChI is InChI=1S/C35H84O11Si8/c1-47(2,3)37-26-35(46-54(22,23)24)32(28(41-49(7,8)9)27(25-36-35)40-48(4,5)6)38-33-30(43-51(13,14)15)29(42-50(10,11)12)31(44-52(16,17)18)34(39-33)45-53(19,20)21/h27-34H,25-26H2,1-24H3/t27?,28-,29+,30?,31+,32-,33+,34?,35?/m0/s1. The lowest BCUT2D eigenvalue weighted by Gasteiger charge is -2.56. The van der Waals surface area contributed by atoms with Crippen LogP contribution in [0.1, 0.15) is 0 Å². The molecule has 0 saturated carbocycles. The van der Waals surface area contributed by atoms with Gasteiger partial charge in [0.1, 0.15) is 30.5 Å². The minimum Gasteiger partial charge on any atom is -0.412 e. The van der Waals surface area contributed by atoms with Gasteiger partial charge in [-0.25, -0.2) is 0 Å². The Labute approximate surface area is 339 Å². The first kappa shape index (κ1) is 51.4. The first-order valence-corrected chi connectivity index (χ1v) is 47.3. The zero-order chi connectivity index (χ0) is 42.3. The zero-order valence-electron chi connectivity index (χ0n) is 39.0. The van der Waals surface area contributed by atoms with Gasteiger partial charge in [-0.05, 0) is 157 Å². The lowest BCUT2D eigenvalue weighted by molar-refractivity contribution is -0.387. The van der Waals surface area contributed by atoms with E-state index in [0.29, 0.717) is 0 Å². The molecular weight excluding hydrogens is 821 g/mol. The Hall–Kier alpha value is 1.30. The number of hydrogen-bond donors (Lipinski definition) is 0. The molecule has 0 aliphatic carbocycles. The smallest absolute Gasteiger partial charge is 0.211 e. The maximum atomic E-state index is 7.53. The summed E-state index contributed by atoms with van der Waals surface area (Å²) in [6.07, 6.45) is -5.12. The van der Waals surface area contributed by atoms with Crippen LogP contribution in [0, 0.1) is 0 Å². The molecular formula is C35H84O11Si8. The Kier molecular flexibility index (Phi) is 17.2. The second-order valence-electron chi connectivity index (χ2n) is 22.9. The van der Waals surface area contributed by atoms with E-state index >= 15 is 0 Å². The highest BCUT2D eigenvalue weighted by Gasteiger charge is 2.61. The van der Waals surface area contributed by atoms with Crippen LogP contribution < -0.4 is 0 Å². The number of rotatable bonds is 19. The molecule has 4 unspecified atom stereocenters. The van der Waals surface area contributed by atoms with E-state index in [0.717, 1.165) is 0 Å². The van der Waals surface area contributed by atoms with Gasteiger partial charge in [0.05, 0.1) is 19.3 Å². The van der Waals surface area contributed by atoms with Crippen LogP contribution in [0.25, 0.3) is 0 Å². The van der Waals surface area contributed by atoms with E-state index in [2.05, 4.69) is 157 Å². The van der Waals surface area contributed by atoms with Crippen LogP contribution in [0.4, 0.5) is 0 Å². The third-order valence-electron chi connectivity index (χ3n) is 7.44. The molecule has 0 aromatic rings. The molecule has 322 valence electrons. The van der Waals surface area contributed by atoms with Gasteiger partial charge in [-0.3, -0.25) is 0 Å². The van der Waals surface area contributed by atoms with Gasteiger partial charge in [0, 0.05) is 0 Å². The molecule has 0 aromatic carbocycles. The van der Waals surface area contributed by atoms with Crippen molar-refractivity contribution in [2.75, 3.05) is 13.2 Å². The van der Waals surface area contributed by atoms with Gasteiger partial charge in [-0.2, -0.15) is 0 Å². The summed E-state index contributed by atoms with van der Waals surface area (Å²) in [7, 11) is -17.5. The van der Waals surface area contributed by atoms with Crippen molar-refractivity contribution in [3.8, 4) is 0 Å². The summed E-state index contributed by atoms with van der Waals surface area (Å²) in [5, 5.41) is 0. The Morgan fingerprint density at radius 2 is 0.815 bits per heavy atom. The quantitative estimate of drug-likeness (QED) is 0.116. The average Bonchev–Trinajstić information content (AvgIpc) is 2.85. The van der Waals surface area contributed by atoms with Crippen LogP contribution in [0.5, 0.6) is 0 Å². The zero-order valence-corrected chi connectivity index (χ0v) is 47.0. The summed E-state index contributed by atoms with van der Waals surface area (Å²) < 4.78 is 78.0. The Balaban J connectivity index is 3.02. The molecule has 2 heterocycles.